The first-order valence-corrected chi connectivity index (χ1v) is 8.49. The summed E-state index contributed by atoms with van der Waals surface area (Å²) in [4.78, 5) is 22.4. The van der Waals surface area contributed by atoms with Gasteiger partial charge in [-0.15, -0.1) is 0 Å². The van der Waals surface area contributed by atoms with Crippen LogP contribution in [0.25, 0.3) is 0 Å². The van der Waals surface area contributed by atoms with E-state index in [1.807, 2.05) is 6.92 Å². The van der Waals surface area contributed by atoms with Crippen molar-refractivity contribution in [1.29, 1.82) is 0 Å². The second-order valence-corrected chi connectivity index (χ2v) is 5.67. The zero-order valence-corrected chi connectivity index (χ0v) is 14.9. The minimum Gasteiger partial charge on any atom is -0.491 e. The summed E-state index contributed by atoms with van der Waals surface area (Å²) in [5, 5.41) is 15.7. The number of aliphatic hydroxyl groups excluding tert-OH is 1. The predicted octanol–water partition coefficient (Wildman–Crippen LogP) is 0.648. The van der Waals surface area contributed by atoms with Crippen molar-refractivity contribution < 1.29 is 24.2 Å². The molecule has 0 saturated heterocycles. The van der Waals surface area contributed by atoms with Gasteiger partial charge in [-0.05, 0) is 24.1 Å². The highest BCUT2D eigenvalue weighted by Gasteiger charge is 2.06. The Morgan fingerprint density at radius 3 is 2.56 bits per heavy atom. The average molecular weight is 352 g/mol. The Labute approximate surface area is 148 Å². The van der Waals surface area contributed by atoms with Crippen LogP contribution in [0.4, 0.5) is 0 Å². The third-order valence-electron chi connectivity index (χ3n) is 3.42. The van der Waals surface area contributed by atoms with E-state index in [9.17, 15) is 14.7 Å². The topological polar surface area (TPSA) is 96.9 Å². The fourth-order valence-corrected chi connectivity index (χ4v) is 2.07. The molecule has 0 aliphatic heterocycles. The summed E-state index contributed by atoms with van der Waals surface area (Å²) < 4.78 is 10.1. The van der Waals surface area contributed by atoms with Crippen LogP contribution in [0.1, 0.15) is 25.3 Å². The number of carbonyl (C=O) groups is 2. The van der Waals surface area contributed by atoms with E-state index in [0.717, 1.165) is 12.0 Å². The second kappa shape index (κ2) is 12.3. The summed E-state index contributed by atoms with van der Waals surface area (Å²) in [7, 11) is 1.36. The van der Waals surface area contributed by atoms with Gasteiger partial charge in [-0.25, -0.2) is 0 Å². The highest BCUT2D eigenvalue weighted by Crippen LogP contribution is 2.13. The molecule has 0 saturated carbocycles. The van der Waals surface area contributed by atoms with Gasteiger partial charge in [-0.1, -0.05) is 19.1 Å². The van der Waals surface area contributed by atoms with Crippen molar-refractivity contribution in [2.24, 2.45) is 0 Å². The van der Waals surface area contributed by atoms with Crippen molar-refractivity contribution in [3.63, 3.8) is 0 Å². The first kappa shape index (κ1) is 20.9. The lowest BCUT2D eigenvalue weighted by atomic mass is 10.1. The van der Waals surface area contributed by atoms with Gasteiger partial charge in [0.1, 0.15) is 18.5 Å². The molecular weight excluding hydrogens is 324 g/mol. The molecule has 0 aromatic heterocycles. The molecule has 7 heteroatoms. The smallest absolute Gasteiger partial charge is 0.309 e. The van der Waals surface area contributed by atoms with Crippen LogP contribution in [-0.2, 0) is 20.7 Å². The summed E-state index contributed by atoms with van der Waals surface area (Å²) in [6, 6.07) is 7.08. The Morgan fingerprint density at radius 2 is 1.92 bits per heavy atom. The van der Waals surface area contributed by atoms with E-state index in [1.165, 1.54) is 7.11 Å². The molecule has 0 bridgehead atoms. The first-order chi connectivity index (χ1) is 12.0. The largest absolute Gasteiger partial charge is 0.491 e. The maximum absolute atomic E-state index is 11.3. The number of benzene rings is 1. The minimum atomic E-state index is -0.652. The number of nitrogens with one attached hydrogen (secondary N) is 2. The van der Waals surface area contributed by atoms with E-state index in [0.29, 0.717) is 31.8 Å². The predicted molar refractivity (Wildman–Crippen MR) is 94.5 cm³/mol. The van der Waals surface area contributed by atoms with Gasteiger partial charge in [-0.3, -0.25) is 9.59 Å². The molecule has 0 aliphatic rings. The summed E-state index contributed by atoms with van der Waals surface area (Å²) in [6.07, 6.45) is 0.938. The highest BCUT2D eigenvalue weighted by molar-refractivity contribution is 5.75. The summed E-state index contributed by atoms with van der Waals surface area (Å²) in [5.74, 6) is 0.379. The van der Waals surface area contributed by atoms with Crippen molar-refractivity contribution in [1.82, 2.24) is 10.6 Å². The Balaban J connectivity index is 2.16. The summed E-state index contributed by atoms with van der Waals surface area (Å²) >= 11 is 0. The van der Waals surface area contributed by atoms with E-state index < -0.39 is 6.10 Å². The SMILES string of the molecule is CCCC(=O)NCCNCC(O)COc1ccc(CC(=O)OC)cc1. The van der Waals surface area contributed by atoms with Gasteiger partial charge < -0.3 is 25.2 Å². The zero-order valence-electron chi connectivity index (χ0n) is 14.9. The number of methoxy groups -OCH3 is 1. The number of hydrogen-bond donors (Lipinski definition) is 3. The molecule has 1 rings (SSSR count). The van der Waals surface area contributed by atoms with Crippen LogP contribution in [0.3, 0.4) is 0 Å². The van der Waals surface area contributed by atoms with Crippen LogP contribution < -0.4 is 15.4 Å². The van der Waals surface area contributed by atoms with Gasteiger partial charge in [0, 0.05) is 26.1 Å². The number of carbonyl (C=O) groups excluding carboxylic acids is 2. The van der Waals surface area contributed by atoms with E-state index in [4.69, 9.17) is 4.74 Å². The molecule has 1 amide bonds. The molecule has 0 heterocycles. The number of esters is 1. The molecule has 0 fully saturated rings. The van der Waals surface area contributed by atoms with Crippen molar-refractivity contribution in [2.75, 3.05) is 33.4 Å². The fourth-order valence-electron chi connectivity index (χ4n) is 2.07. The average Bonchev–Trinajstić information content (AvgIpc) is 2.61. The van der Waals surface area contributed by atoms with Gasteiger partial charge in [0.05, 0.1) is 13.5 Å². The lowest BCUT2D eigenvalue weighted by molar-refractivity contribution is -0.139. The Hall–Kier alpha value is -2.12. The lowest BCUT2D eigenvalue weighted by Crippen LogP contribution is -2.37. The maximum Gasteiger partial charge on any atom is 0.309 e. The minimum absolute atomic E-state index is 0.0452. The Bertz CT molecular complexity index is 519. The van der Waals surface area contributed by atoms with E-state index in [2.05, 4.69) is 15.4 Å². The van der Waals surface area contributed by atoms with Crippen LogP contribution in [0.5, 0.6) is 5.75 Å². The highest BCUT2D eigenvalue weighted by atomic mass is 16.5. The summed E-state index contributed by atoms with van der Waals surface area (Å²) in [5.41, 5.74) is 0.839. The molecule has 1 aromatic carbocycles. The van der Waals surface area contributed by atoms with Crippen LogP contribution in [0.15, 0.2) is 24.3 Å². The number of aliphatic hydroxyl groups is 1. The van der Waals surface area contributed by atoms with Gasteiger partial charge in [0.25, 0.3) is 0 Å². The van der Waals surface area contributed by atoms with Crippen LogP contribution in [0.2, 0.25) is 0 Å². The number of ether oxygens (including phenoxy) is 2. The number of rotatable bonds is 12. The molecule has 0 radical (unpaired) electrons. The Morgan fingerprint density at radius 1 is 1.20 bits per heavy atom. The number of hydrogen-bond acceptors (Lipinski definition) is 6. The molecule has 1 atom stereocenters. The third-order valence-corrected chi connectivity index (χ3v) is 3.42. The molecule has 0 spiro atoms. The standard InChI is InChI=1S/C18H28N2O5/c1-3-4-17(22)20-10-9-19-12-15(21)13-25-16-7-5-14(6-8-16)11-18(23)24-2/h5-8,15,19,21H,3-4,9-13H2,1-2H3,(H,20,22). The number of amides is 1. The third kappa shape index (κ3) is 9.69. The van der Waals surface area contributed by atoms with Crippen molar-refractivity contribution >= 4 is 11.9 Å². The molecule has 3 N–H and O–H groups in total. The van der Waals surface area contributed by atoms with Gasteiger partial charge in [0.2, 0.25) is 5.91 Å². The lowest BCUT2D eigenvalue weighted by Gasteiger charge is -2.14. The van der Waals surface area contributed by atoms with E-state index in [1.54, 1.807) is 24.3 Å². The quantitative estimate of drug-likeness (QED) is 0.377. The molecule has 25 heavy (non-hydrogen) atoms. The maximum atomic E-state index is 11.3. The van der Waals surface area contributed by atoms with Crippen LogP contribution in [-0.4, -0.2) is 56.4 Å². The fraction of sp³-hybridized carbons (Fsp3) is 0.556. The van der Waals surface area contributed by atoms with Gasteiger partial charge >= 0.3 is 5.97 Å². The molecule has 1 unspecified atom stereocenters. The van der Waals surface area contributed by atoms with Gasteiger partial charge in [-0.2, -0.15) is 0 Å². The van der Waals surface area contributed by atoms with Crippen molar-refractivity contribution in [2.45, 2.75) is 32.3 Å². The molecule has 0 aliphatic carbocycles. The van der Waals surface area contributed by atoms with E-state index in [-0.39, 0.29) is 24.9 Å². The molecular formula is C18H28N2O5. The van der Waals surface area contributed by atoms with Crippen LogP contribution in [0, 0.1) is 0 Å². The van der Waals surface area contributed by atoms with Crippen LogP contribution >= 0.6 is 0 Å². The Kier molecular flexibility index (Phi) is 10.3. The zero-order chi connectivity index (χ0) is 18.5. The van der Waals surface area contributed by atoms with Gasteiger partial charge in [0.15, 0.2) is 0 Å². The molecule has 7 nitrogen and oxygen atoms in total. The monoisotopic (exact) mass is 352 g/mol. The summed E-state index contributed by atoms with van der Waals surface area (Å²) in [6.45, 7) is 3.62. The molecule has 140 valence electrons. The molecule has 1 aromatic rings. The van der Waals surface area contributed by atoms with Crippen molar-refractivity contribution in [3.8, 4) is 5.75 Å². The van der Waals surface area contributed by atoms with Crippen molar-refractivity contribution in [3.05, 3.63) is 29.8 Å². The normalized spacial score (nSPS) is 11.6. The first-order valence-electron chi connectivity index (χ1n) is 8.49. The second-order valence-electron chi connectivity index (χ2n) is 5.67. The van der Waals surface area contributed by atoms with E-state index >= 15 is 0 Å².